The van der Waals surface area contributed by atoms with Crippen LogP contribution in [0.25, 0.3) is 16.5 Å². The van der Waals surface area contributed by atoms with Gasteiger partial charge in [-0.25, -0.2) is 20.5 Å². The molecule has 1 aromatic heterocycles. The number of rotatable bonds is 12. The monoisotopic (exact) mass is 722 g/mol. The number of H-pyrrole nitrogens is 1. The Labute approximate surface area is 304 Å². The van der Waals surface area contributed by atoms with Crippen molar-refractivity contribution in [2.24, 2.45) is 20.7 Å². The van der Waals surface area contributed by atoms with Crippen LogP contribution in [0.1, 0.15) is 11.1 Å². The van der Waals surface area contributed by atoms with Crippen molar-refractivity contribution in [3.8, 4) is 0 Å². The van der Waals surface area contributed by atoms with Crippen LogP contribution in [0.15, 0.2) is 147 Å². The molecule has 0 radical (unpaired) electrons. The second-order valence-electron chi connectivity index (χ2n) is 11.3. The molecule has 0 spiro atoms. The average Bonchev–Trinajstić information content (AvgIpc) is 3.75. The maximum atomic E-state index is 11.0. The first kappa shape index (κ1) is 36.0. The van der Waals surface area contributed by atoms with Crippen molar-refractivity contribution in [3.05, 3.63) is 144 Å². The van der Waals surface area contributed by atoms with Gasteiger partial charge in [-0.2, -0.15) is 4.89 Å². The van der Waals surface area contributed by atoms with E-state index in [4.69, 9.17) is 35.0 Å². The second-order valence-corrected chi connectivity index (χ2v) is 12.0. The SMILES string of the molecule is C=CC1=C(/C=C\OC)C(=NC)N([C@H](OO)N2C(=Nc3[nH]cc4ccccc34)C(/C=C\OC)=C(C=C)C2N=C2NSC=C(OO)c3ccccc32)C1N. The standard InChI is InChI=1S/C37H38N8O6S/c1-6-23-28(16-18-48-4)34(39-3)44(31(23)38)37(51-47)45-35(42-33-27-15-11-10-14-26(27)30(50-46)21-52-43-33)24(7-2)29(17-19-49-5)36(45)41-32-25-13-9-8-12-22(25)20-40-32/h6-21,31,35,37,40,46-47H,1-2,38H2,3-5H3,(H,42,43)/b18-16-,19-17-,39-34?,41-36?/t31?,35?,37-/m0/s1. The molecular weight excluding hydrogens is 685 g/mol. The summed E-state index contributed by atoms with van der Waals surface area (Å²) in [5.74, 6) is 1.90. The largest absolute Gasteiger partial charge is 0.504 e. The fourth-order valence-electron chi connectivity index (χ4n) is 6.34. The zero-order chi connectivity index (χ0) is 36.8. The highest BCUT2D eigenvalue weighted by molar-refractivity contribution is 8.01. The number of nitrogens with one attached hydrogen (secondary N) is 2. The van der Waals surface area contributed by atoms with Crippen molar-refractivity contribution in [3.63, 3.8) is 0 Å². The third-order valence-electron chi connectivity index (χ3n) is 8.63. The molecule has 0 saturated carbocycles. The average molecular weight is 723 g/mol. The zero-order valence-electron chi connectivity index (χ0n) is 28.6. The molecule has 6 rings (SSSR count). The Hall–Kier alpha value is -5.84. The van der Waals surface area contributed by atoms with Gasteiger partial charge in [-0.3, -0.25) is 14.8 Å². The molecule has 15 heteroatoms. The fraction of sp³-hybridized carbons (Fsp3) is 0.162. The lowest BCUT2D eigenvalue weighted by Crippen LogP contribution is -2.59. The lowest BCUT2D eigenvalue weighted by atomic mass is 10.1. The first-order chi connectivity index (χ1) is 25.5. The normalized spacial score (nSPS) is 22.1. The number of hydrogen-bond donors (Lipinski definition) is 5. The number of ether oxygens (including phenoxy) is 2. The summed E-state index contributed by atoms with van der Waals surface area (Å²) in [7, 11) is 4.67. The number of hydrogen-bond acceptors (Lipinski definition) is 11. The van der Waals surface area contributed by atoms with E-state index >= 15 is 0 Å². The van der Waals surface area contributed by atoms with E-state index in [0.717, 1.165) is 22.7 Å². The van der Waals surface area contributed by atoms with Crippen LogP contribution >= 0.6 is 11.9 Å². The molecule has 2 aromatic carbocycles. The van der Waals surface area contributed by atoms with Crippen LogP contribution in [0.2, 0.25) is 0 Å². The van der Waals surface area contributed by atoms with Gasteiger partial charge in [-0.05, 0) is 29.7 Å². The van der Waals surface area contributed by atoms with Crippen molar-refractivity contribution in [1.29, 1.82) is 0 Å². The Kier molecular flexibility index (Phi) is 11.1. The highest BCUT2D eigenvalue weighted by atomic mass is 32.2. The maximum Gasteiger partial charge on any atom is 0.247 e. The molecule has 0 fully saturated rings. The van der Waals surface area contributed by atoms with E-state index < -0.39 is 18.7 Å². The van der Waals surface area contributed by atoms with Gasteiger partial charge in [0.25, 0.3) is 0 Å². The van der Waals surface area contributed by atoms with Crippen LogP contribution in [-0.4, -0.2) is 82.8 Å². The molecule has 3 aromatic rings. The van der Waals surface area contributed by atoms with Gasteiger partial charge < -0.3 is 29.8 Å². The number of aliphatic imine (C=N–C) groups is 3. The van der Waals surface area contributed by atoms with Crippen LogP contribution in [0, 0.1) is 0 Å². The number of aromatic amines is 1. The van der Waals surface area contributed by atoms with Gasteiger partial charge in [0, 0.05) is 57.3 Å². The Morgan fingerprint density at radius 1 is 0.923 bits per heavy atom. The quantitative estimate of drug-likeness (QED) is 0.0641. The lowest BCUT2D eigenvalue weighted by molar-refractivity contribution is -0.336. The summed E-state index contributed by atoms with van der Waals surface area (Å²) >= 11 is 1.16. The highest BCUT2D eigenvalue weighted by Crippen LogP contribution is 2.39. The first-order valence-electron chi connectivity index (χ1n) is 15.9. The number of fused-ring (bicyclic) bond motifs is 2. The smallest absolute Gasteiger partial charge is 0.247 e. The summed E-state index contributed by atoms with van der Waals surface area (Å²) in [6, 6.07) is 15.1. The van der Waals surface area contributed by atoms with E-state index in [1.807, 2.05) is 48.7 Å². The van der Waals surface area contributed by atoms with E-state index in [-0.39, 0.29) is 5.76 Å². The summed E-state index contributed by atoms with van der Waals surface area (Å²) < 4.78 is 13.9. The molecule has 14 nitrogen and oxygen atoms in total. The molecule has 3 aliphatic rings. The minimum atomic E-state index is -1.39. The van der Waals surface area contributed by atoms with E-state index in [1.54, 1.807) is 52.6 Å². The highest BCUT2D eigenvalue weighted by Gasteiger charge is 2.48. The number of amidine groups is 3. The van der Waals surface area contributed by atoms with Gasteiger partial charge >= 0.3 is 0 Å². The number of benzene rings is 2. The molecule has 0 aliphatic carbocycles. The van der Waals surface area contributed by atoms with Crippen molar-refractivity contribution in [1.82, 2.24) is 19.5 Å². The minimum Gasteiger partial charge on any atom is -0.504 e. The number of nitrogens with zero attached hydrogens (tertiary/aromatic N) is 5. The predicted octanol–water partition coefficient (Wildman–Crippen LogP) is 6.01. The molecule has 2 unspecified atom stereocenters. The van der Waals surface area contributed by atoms with Crippen molar-refractivity contribution in [2.75, 3.05) is 21.3 Å². The van der Waals surface area contributed by atoms with Gasteiger partial charge in [-0.15, -0.1) is 0 Å². The first-order valence-corrected chi connectivity index (χ1v) is 16.8. The molecule has 3 atom stereocenters. The summed E-state index contributed by atoms with van der Waals surface area (Å²) in [4.78, 5) is 31.7. The van der Waals surface area contributed by atoms with Crippen molar-refractivity contribution in [2.45, 2.75) is 18.7 Å². The van der Waals surface area contributed by atoms with Gasteiger partial charge in [0.1, 0.15) is 29.5 Å². The van der Waals surface area contributed by atoms with E-state index in [9.17, 15) is 10.5 Å². The van der Waals surface area contributed by atoms with Crippen LogP contribution in [-0.2, 0) is 19.2 Å². The van der Waals surface area contributed by atoms with Crippen LogP contribution in [0.4, 0.5) is 5.82 Å². The summed E-state index contributed by atoms with van der Waals surface area (Å²) in [5, 5.41) is 24.1. The molecule has 52 heavy (non-hydrogen) atoms. The molecule has 0 bridgehead atoms. The predicted molar refractivity (Wildman–Crippen MR) is 204 cm³/mol. The van der Waals surface area contributed by atoms with Gasteiger partial charge in [0.15, 0.2) is 11.9 Å². The summed E-state index contributed by atoms with van der Waals surface area (Å²) in [6.45, 7) is 8.15. The van der Waals surface area contributed by atoms with Gasteiger partial charge in [-0.1, -0.05) is 73.8 Å². The summed E-state index contributed by atoms with van der Waals surface area (Å²) in [5.41, 5.74) is 10.5. The number of nitrogens with two attached hydrogens (primary N) is 1. The number of aromatic nitrogens is 1. The van der Waals surface area contributed by atoms with E-state index in [2.05, 4.69) is 27.9 Å². The molecule has 268 valence electrons. The molecule has 0 saturated heterocycles. The Morgan fingerprint density at radius 2 is 1.60 bits per heavy atom. The number of methoxy groups -OCH3 is 2. The Morgan fingerprint density at radius 3 is 2.25 bits per heavy atom. The topological polar surface area (TPSA) is 175 Å². The van der Waals surface area contributed by atoms with Gasteiger partial charge in [0.2, 0.25) is 6.35 Å². The second kappa shape index (κ2) is 16.0. The minimum absolute atomic E-state index is 0.230. The van der Waals surface area contributed by atoms with E-state index in [1.165, 1.54) is 26.7 Å². The maximum absolute atomic E-state index is 11.0. The third-order valence-corrected chi connectivity index (χ3v) is 9.28. The molecule has 0 amide bonds. The van der Waals surface area contributed by atoms with Crippen LogP contribution in [0.5, 0.6) is 0 Å². The molecule has 4 heterocycles. The Balaban J connectivity index is 1.62. The van der Waals surface area contributed by atoms with Crippen LogP contribution in [0.3, 0.4) is 0 Å². The van der Waals surface area contributed by atoms with Crippen molar-refractivity contribution >= 4 is 51.8 Å². The zero-order valence-corrected chi connectivity index (χ0v) is 29.4. The third kappa shape index (κ3) is 6.42. The molecule has 6 N–H and O–H groups in total. The Bertz CT molecular complexity index is 2110. The van der Waals surface area contributed by atoms with E-state index in [0.29, 0.717) is 56.7 Å². The lowest BCUT2D eigenvalue weighted by Gasteiger charge is -2.40. The van der Waals surface area contributed by atoms with Crippen molar-refractivity contribution < 1.29 is 29.8 Å². The fourth-order valence-corrected chi connectivity index (χ4v) is 6.95. The summed E-state index contributed by atoms with van der Waals surface area (Å²) in [6.07, 6.45) is 8.37. The molecule has 3 aliphatic heterocycles. The molecular formula is C37H38N8O6S. The van der Waals surface area contributed by atoms with Crippen LogP contribution < -0.4 is 10.5 Å². The van der Waals surface area contributed by atoms with Gasteiger partial charge in [0.05, 0.1) is 26.7 Å².